The van der Waals surface area contributed by atoms with Crippen LogP contribution in [0.25, 0.3) is 0 Å². The van der Waals surface area contributed by atoms with Crippen LogP contribution in [0.3, 0.4) is 0 Å². The molecule has 2 atom stereocenters. The number of piperidine rings is 2. The highest BCUT2D eigenvalue weighted by Crippen LogP contribution is 2.41. The largest absolute Gasteiger partial charge is 0.302 e. The zero-order valence-corrected chi connectivity index (χ0v) is 11.8. The molecule has 0 aromatic rings. The summed E-state index contributed by atoms with van der Waals surface area (Å²) in [6.07, 6.45) is 9.50. The molecule has 2 bridgehead atoms. The molecule has 2 aliphatic heterocycles. The second kappa shape index (κ2) is 4.61. The van der Waals surface area contributed by atoms with Crippen LogP contribution in [0, 0.1) is 0 Å². The van der Waals surface area contributed by atoms with Gasteiger partial charge in [0.25, 0.3) is 0 Å². The highest BCUT2D eigenvalue weighted by atomic mass is 16.1. The maximum atomic E-state index is 11.8. The number of carbonyl (C=O) groups is 1. The highest BCUT2D eigenvalue weighted by molar-refractivity contribution is 5.80. The van der Waals surface area contributed by atoms with Gasteiger partial charge in [0.15, 0.2) is 0 Å². The molecule has 3 nitrogen and oxygen atoms in total. The summed E-state index contributed by atoms with van der Waals surface area (Å²) in [5.41, 5.74) is 0.411. The highest BCUT2D eigenvalue weighted by Gasteiger charge is 2.45. The van der Waals surface area contributed by atoms with Gasteiger partial charge in [-0.2, -0.15) is 0 Å². The van der Waals surface area contributed by atoms with Crippen molar-refractivity contribution in [1.29, 1.82) is 0 Å². The molecular weight excluding hydrogens is 224 g/mol. The van der Waals surface area contributed by atoms with Gasteiger partial charge in [-0.1, -0.05) is 6.42 Å². The van der Waals surface area contributed by atoms with Gasteiger partial charge in [-0.05, 0) is 46.2 Å². The Morgan fingerprint density at radius 3 is 2.22 bits per heavy atom. The lowest BCUT2D eigenvalue weighted by Gasteiger charge is -2.55. The van der Waals surface area contributed by atoms with Gasteiger partial charge in [0, 0.05) is 37.0 Å². The van der Waals surface area contributed by atoms with Crippen molar-refractivity contribution in [1.82, 2.24) is 9.80 Å². The maximum Gasteiger partial charge on any atom is 0.136 e. The van der Waals surface area contributed by atoms with Crippen molar-refractivity contribution >= 4 is 5.78 Å². The van der Waals surface area contributed by atoms with E-state index in [0.29, 0.717) is 23.4 Å². The lowest BCUT2D eigenvalue weighted by molar-refractivity contribution is -0.129. The number of hydrogen-bond donors (Lipinski definition) is 0. The molecule has 2 unspecified atom stereocenters. The Bertz CT molecular complexity index is 319. The van der Waals surface area contributed by atoms with Crippen LogP contribution < -0.4 is 0 Å². The van der Waals surface area contributed by atoms with Crippen LogP contribution in [0.1, 0.15) is 51.4 Å². The number of hydrogen-bond acceptors (Lipinski definition) is 3. The van der Waals surface area contributed by atoms with E-state index < -0.39 is 0 Å². The van der Waals surface area contributed by atoms with E-state index in [1.165, 1.54) is 45.1 Å². The van der Waals surface area contributed by atoms with Crippen molar-refractivity contribution in [3.8, 4) is 0 Å². The molecule has 2 saturated heterocycles. The van der Waals surface area contributed by atoms with Crippen LogP contribution in [0.2, 0.25) is 0 Å². The third kappa shape index (κ3) is 2.01. The van der Waals surface area contributed by atoms with Gasteiger partial charge in [0.1, 0.15) is 5.78 Å². The summed E-state index contributed by atoms with van der Waals surface area (Å²) in [4.78, 5) is 16.9. The average Bonchev–Trinajstić information content (AvgIpc) is 2.23. The van der Waals surface area contributed by atoms with Crippen LogP contribution in [0.5, 0.6) is 0 Å². The van der Waals surface area contributed by atoms with Crippen LogP contribution in [-0.2, 0) is 4.79 Å². The Labute approximate surface area is 111 Å². The summed E-state index contributed by atoms with van der Waals surface area (Å²) in [6, 6.07) is 1.12. The number of likely N-dealkylation sites (N-methyl/N-ethyl adjacent to an activating group) is 1. The Hall–Kier alpha value is -0.410. The van der Waals surface area contributed by atoms with Gasteiger partial charge < -0.3 is 4.90 Å². The lowest BCUT2D eigenvalue weighted by Crippen LogP contribution is -2.63. The predicted molar refractivity (Wildman–Crippen MR) is 72.6 cm³/mol. The van der Waals surface area contributed by atoms with Crippen LogP contribution in [0.15, 0.2) is 0 Å². The maximum absolute atomic E-state index is 11.8. The number of ketones is 1. The Morgan fingerprint density at radius 1 is 1.17 bits per heavy atom. The van der Waals surface area contributed by atoms with Gasteiger partial charge >= 0.3 is 0 Å². The number of rotatable bonds is 3. The fraction of sp³-hybridized carbons (Fsp3) is 0.933. The van der Waals surface area contributed by atoms with Gasteiger partial charge in [-0.3, -0.25) is 9.69 Å². The fourth-order valence-electron chi connectivity index (χ4n) is 4.20. The number of carbonyl (C=O) groups excluding carboxylic acids is 1. The summed E-state index contributed by atoms with van der Waals surface area (Å²) in [5.74, 6) is 0.508. The molecule has 0 N–H and O–H groups in total. The molecule has 0 amide bonds. The second-order valence-corrected chi connectivity index (χ2v) is 6.83. The Balaban J connectivity index is 1.73. The summed E-state index contributed by atoms with van der Waals surface area (Å²) in [7, 11) is 4.45. The van der Waals surface area contributed by atoms with Crippen molar-refractivity contribution in [2.45, 2.75) is 69.0 Å². The number of Topliss-reactive ketones (excluding diaryl/α,β-unsaturated/α-hetero) is 1. The summed E-state index contributed by atoms with van der Waals surface area (Å²) < 4.78 is 0. The van der Waals surface area contributed by atoms with E-state index in [4.69, 9.17) is 0 Å². The first kappa shape index (κ1) is 12.6. The monoisotopic (exact) mass is 250 g/mol. The molecule has 3 fully saturated rings. The van der Waals surface area contributed by atoms with E-state index in [-0.39, 0.29) is 0 Å². The summed E-state index contributed by atoms with van der Waals surface area (Å²) >= 11 is 0. The zero-order chi connectivity index (χ0) is 12.8. The first-order chi connectivity index (χ1) is 8.61. The van der Waals surface area contributed by atoms with E-state index in [2.05, 4.69) is 23.9 Å². The Morgan fingerprint density at radius 2 is 1.78 bits per heavy atom. The molecule has 1 aliphatic carbocycles. The average molecular weight is 250 g/mol. The second-order valence-electron chi connectivity index (χ2n) is 6.83. The van der Waals surface area contributed by atoms with E-state index in [0.717, 1.165) is 12.8 Å². The van der Waals surface area contributed by atoms with Crippen molar-refractivity contribution < 1.29 is 4.79 Å². The normalized spacial score (nSPS) is 35.6. The quantitative estimate of drug-likeness (QED) is 0.766. The van der Waals surface area contributed by atoms with Gasteiger partial charge in [-0.25, -0.2) is 0 Å². The SMILES string of the molecule is CN(C)C1(CN2C3CCCC2CC(=O)C3)CCC1. The third-order valence-corrected chi connectivity index (χ3v) is 5.65. The minimum atomic E-state index is 0.411. The first-order valence-electron chi connectivity index (χ1n) is 7.56. The lowest BCUT2D eigenvalue weighted by atomic mass is 9.73. The molecule has 2 heterocycles. The number of nitrogens with zero attached hydrogens (tertiary/aromatic N) is 2. The van der Waals surface area contributed by atoms with Crippen LogP contribution >= 0.6 is 0 Å². The molecule has 0 aromatic heterocycles. The molecule has 0 spiro atoms. The van der Waals surface area contributed by atoms with Gasteiger partial charge in [0.05, 0.1) is 0 Å². The molecule has 102 valence electrons. The Kier molecular flexibility index (Phi) is 3.23. The summed E-state index contributed by atoms with van der Waals surface area (Å²) in [6.45, 7) is 1.20. The van der Waals surface area contributed by atoms with Gasteiger partial charge in [-0.15, -0.1) is 0 Å². The predicted octanol–water partition coefficient (Wildman–Crippen LogP) is 2.06. The topological polar surface area (TPSA) is 23.6 Å². The molecule has 3 aliphatic rings. The van der Waals surface area contributed by atoms with Crippen molar-refractivity contribution in [2.75, 3.05) is 20.6 Å². The van der Waals surface area contributed by atoms with E-state index in [1.807, 2.05) is 0 Å². The standard InChI is InChI=1S/C15H26N2O/c1-16(2)15(7-4-8-15)11-17-12-5-3-6-13(17)10-14(18)9-12/h12-13H,3-11H2,1-2H3. The molecule has 1 saturated carbocycles. The molecule has 3 heteroatoms. The number of fused-ring (bicyclic) bond motifs is 2. The first-order valence-corrected chi connectivity index (χ1v) is 7.56. The van der Waals surface area contributed by atoms with Crippen molar-refractivity contribution in [3.63, 3.8) is 0 Å². The van der Waals surface area contributed by atoms with E-state index in [1.54, 1.807) is 0 Å². The molecule has 0 aromatic carbocycles. The van der Waals surface area contributed by atoms with Crippen molar-refractivity contribution in [3.05, 3.63) is 0 Å². The smallest absolute Gasteiger partial charge is 0.136 e. The fourth-order valence-corrected chi connectivity index (χ4v) is 4.20. The minimum absolute atomic E-state index is 0.411. The van der Waals surface area contributed by atoms with Gasteiger partial charge in [0.2, 0.25) is 0 Å². The van der Waals surface area contributed by atoms with E-state index in [9.17, 15) is 4.79 Å². The molecule has 0 radical (unpaired) electrons. The summed E-state index contributed by atoms with van der Waals surface area (Å²) in [5, 5.41) is 0. The van der Waals surface area contributed by atoms with Crippen molar-refractivity contribution in [2.24, 2.45) is 0 Å². The third-order valence-electron chi connectivity index (χ3n) is 5.65. The molecule has 18 heavy (non-hydrogen) atoms. The van der Waals surface area contributed by atoms with Crippen LogP contribution in [-0.4, -0.2) is 53.8 Å². The minimum Gasteiger partial charge on any atom is -0.302 e. The van der Waals surface area contributed by atoms with E-state index >= 15 is 0 Å². The van der Waals surface area contributed by atoms with Crippen LogP contribution in [0.4, 0.5) is 0 Å². The molecular formula is C15H26N2O. The zero-order valence-electron chi connectivity index (χ0n) is 11.8. The molecule has 3 rings (SSSR count).